The summed E-state index contributed by atoms with van der Waals surface area (Å²) in [6.45, 7) is 2.64. The molecule has 2 N–H and O–H groups in total. The SMILES string of the molecule is Cc1ccc(NC(=O)[C@H]2CCCN2c2ncccn2)c(O)c1. The van der Waals surface area contributed by atoms with Crippen molar-refractivity contribution in [1.82, 2.24) is 9.97 Å². The number of benzene rings is 1. The van der Waals surface area contributed by atoms with Crippen molar-refractivity contribution < 1.29 is 9.90 Å². The quantitative estimate of drug-likeness (QED) is 0.848. The van der Waals surface area contributed by atoms with Gasteiger partial charge in [0.15, 0.2) is 0 Å². The number of carbonyl (C=O) groups is 1. The van der Waals surface area contributed by atoms with Crippen LogP contribution in [0.2, 0.25) is 0 Å². The largest absolute Gasteiger partial charge is 0.506 e. The van der Waals surface area contributed by atoms with E-state index in [1.807, 2.05) is 17.9 Å². The Labute approximate surface area is 128 Å². The number of aromatic nitrogens is 2. The second kappa shape index (κ2) is 6.01. The predicted octanol–water partition coefficient (Wildman–Crippen LogP) is 2.10. The van der Waals surface area contributed by atoms with Gasteiger partial charge in [-0.2, -0.15) is 0 Å². The Bertz CT molecular complexity index is 675. The van der Waals surface area contributed by atoms with Crippen LogP contribution in [0.25, 0.3) is 0 Å². The summed E-state index contributed by atoms with van der Waals surface area (Å²) < 4.78 is 0. The number of rotatable bonds is 3. The lowest BCUT2D eigenvalue weighted by atomic mass is 10.1. The molecule has 0 bridgehead atoms. The fourth-order valence-electron chi connectivity index (χ4n) is 2.68. The molecule has 1 aromatic carbocycles. The van der Waals surface area contributed by atoms with Crippen LogP contribution in [-0.4, -0.2) is 33.6 Å². The molecule has 0 unspecified atom stereocenters. The van der Waals surface area contributed by atoms with Gasteiger partial charge in [-0.15, -0.1) is 0 Å². The van der Waals surface area contributed by atoms with Crippen LogP contribution in [0.15, 0.2) is 36.7 Å². The summed E-state index contributed by atoms with van der Waals surface area (Å²) in [5.74, 6) is 0.492. The Morgan fingerprint density at radius 1 is 1.36 bits per heavy atom. The van der Waals surface area contributed by atoms with Crippen molar-refractivity contribution in [1.29, 1.82) is 0 Å². The van der Waals surface area contributed by atoms with E-state index < -0.39 is 0 Å². The molecule has 1 amide bonds. The minimum absolute atomic E-state index is 0.0776. The summed E-state index contributed by atoms with van der Waals surface area (Å²) >= 11 is 0. The standard InChI is InChI=1S/C16H18N4O2/c1-11-5-6-12(14(21)10-11)19-15(22)13-4-2-9-20(13)16-17-7-3-8-18-16/h3,5-8,10,13,21H,2,4,9H2,1H3,(H,19,22)/t13-/m1/s1. The van der Waals surface area contributed by atoms with Crippen LogP contribution in [0, 0.1) is 6.92 Å². The zero-order valence-electron chi connectivity index (χ0n) is 12.4. The number of phenols is 1. The third-order valence-corrected chi connectivity index (χ3v) is 3.78. The zero-order chi connectivity index (χ0) is 15.5. The summed E-state index contributed by atoms with van der Waals surface area (Å²) in [6.07, 6.45) is 5.00. The summed E-state index contributed by atoms with van der Waals surface area (Å²) in [5, 5.41) is 12.7. The number of nitrogens with zero attached hydrogens (tertiary/aromatic N) is 3. The Morgan fingerprint density at radius 3 is 2.86 bits per heavy atom. The smallest absolute Gasteiger partial charge is 0.247 e. The van der Waals surface area contributed by atoms with E-state index in [4.69, 9.17) is 0 Å². The van der Waals surface area contributed by atoms with E-state index >= 15 is 0 Å². The van der Waals surface area contributed by atoms with Crippen LogP contribution in [-0.2, 0) is 4.79 Å². The number of aryl methyl sites for hydroxylation is 1. The highest BCUT2D eigenvalue weighted by Gasteiger charge is 2.32. The number of carbonyl (C=O) groups excluding carboxylic acids is 1. The van der Waals surface area contributed by atoms with Gasteiger partial charge in [-0.25, -0.2) is 9.97 Å². The topological polar surface area (TPSA) is 78.4 Å². The molecule has 114 valence electrons. The molecular weight excluding hydrogens is 280 g/mol. The first-order valence-electron chi connectivity index (χ1n) is 7.29. The van der Waals surface area contributed by atoms with E-state index in [1.165, 1.54) is 0 Å². The third kappa shape index (κ3) is 2.86. The lowest BCUT2D eigenvalue weighted by molar-refractivity contribution is -0.117. The fraction of sp³-hybridized carbons (Fsp3) is 0.312. The van der Waals surface area contributed by atoms with Crippen molar-refractivity contribution in [3.63, 3.8) is 0 Å². The lowest BCUT2D eigenvalue weighted by Crippen LogP contribution is -2.40. The fourth-order valence-corrected chi connectivity index (χ4v) is 2.68. The van der Waals surface area contributed by atoms with Crippen molar-refractivity contribution in [2.45, 2.75) is 25.8 Å². The molecule has 1 atom stereocenters. The Kier molecular flexibility index (Phi) is 3.91. The van der Waals surface area contributed by atoms with Crippen LogP contribution in [0.4, 0.5) is 11.6 Å². The zero-order valence-corrected chi connectivity index (χ0v) is 12.4. The molecule has 22 heavy (non-hydrogen) atoms. The molecular formula is C16H18N4O2. The van der Waals surface area contributed by atoms with E-state index in [0.29, 0.717) is 11.6 Å². The first-order chi connectivity index (χ1) is 10.6. The van der Waals surface area contributed by atoms with Crippen LogP contribution in [0.3, 0.4) is 0 Å². The Morgan fingerprint density at radius 2 is 2.14 bits per heavy atom. The van der Waals surface area contributed by atoms with Gasteiger partial charge in [-0.05, 0) is 43.5 Å². The lowest BCUT2D eigenvalue weighted by Gasteiger charge is -2.23. The molecule has 0 radical (unpaired) electrons. The normalized spacial score (nSPS) is 17.5. The van der Waals surface area contributed by atoms with Gasteiger partial charge < -0.3 is 15.3 Å². The van der Waals surface area contributed by atoms with Gasteiger partial charge in [0, 0.05) is 18.9 Å². The van der Waals surface area contributed by atoms with Crippen molar-refractivity contribution >= 4 is 17.5 Å². The average Bonchev–Trinajstić information content (AvgIpc) is 3.00. The maximum absolute atomic E-state index is 12.5. The van der Waals surface area contributed by atoms with Crippen LogP contribution < -0.4 is 10.2 Å². The Hall–Kier alpha value is -2.63. The second-order valence-corrected chi connectivity index (χ2v) is 5.41. The van der Waals surface area contributed by atoms with E-state index in [0.717, 1.165) is 24.9 Å². The van der Waals surface area contributed by atoms with Crippen molar-refractivity contribution in [3.05, 3.63) is 42.2 Å². The molecule has 2 heterocycles. The van der Waals surface area contributed by atoms with Gasteiger partial charge in [0.2, 0.25) is 11.9 Å². The molecule has 1 aliphatic rings. The summed E-state index contributed by atoms with van der Waals surface area (Å²) in [7, 11) is 0. The predicted molar refractivity (Wildman–Crippen MR) is 83.9 cm³/mol. The maximum Gasteiger partial charge on any atom is 0.247 e. The molecule has 6 heteroatoms. The van der Waals surface area contributed by atoms with Gasteiger partial charge in [-0.1, -0.05) is 6.07 Å². The van der Waals surface area contributed by atoms with Crippen LogP contribution in [0.1, 0.15) is 18.4 Å². The van der Waals surface area contributed by atoms with Crippen molar-refractivity contribution in [2.75, 3.05) is 16.8 Å². The first-order valence-corrected chi connectivity index (χ1v) is 7.29. The minimum Gasteiger partial charge on any atom is -0.506 e. The number of hydrogen-bond donors (Lipinski definition) is 2. The Balaban J connectivity index is 1.76. The number of amides is 1. The summed E-state index contributed by atoms with van der Waals surface area (Å²) in [5.41, 5.74) is 1.37. The molecule has 1 fully saturated rings. The third-order valence-electron chi connectivity index (χ3n) is 3.78. The van der Waals surface area contributed by atoms with E-state index in [9.17, 15) is 9.90 Å². The number of anilines is 2. The van der Waals surface area contributed by atoms with E-state index in [-0.39, 0.29) is 17.7 Å². The van der Waals surface area contributed by atoms with Crippen molar-refractivity contribution in [2.24, 2.45) is 0 Å². The van der Waals surface area contributed by atoms with Gasteiger partial charge in [0.25, 0.3) is 0 Å². The number of phenolic OH excluding ortho intramolecular Hbond substituents is 1. The van der Waals surface area contributed by atoms with Gasteiger partial charge in [0.1, 0.15) is 11.8 Å². The maximum atomic E-state index is 12.5. The highest BCUT2D eigenvalue weighted by atomic mass is 16.3. The number of hydrogen-bond acceptors (Lipinski definition) is 5. The van der Waals surface area contributed by atoms with Crippen LogP contribution >= 0.6 is 0 Å². The van der Waals surface area contributed by atoms with Gasteiger partial charge >= 0.3 is 0 Å². The summed E-state index contributed by atoms with van der Waals surface area (Å²) in [6, 6.07) is 6.62. The van der Waals surface area contributed by atoms with Crippen molar-refractivity contribution in [3.8, 4) is 5.75 Å². The highest BCUT2D eigenvalue weighted by molar-refractivity contribution is 5.98. The molecule has 2 aromatic rings. The first kappa shape index (κ1) is 14.3. The molecule has 1 saturated heterocycles. The average molecular weight is 298 g/mol. The second-order valence-electron chi connectivity index (χ2n) is 5.41. The molecule has 0 saturated carbocycles. The highest BCUT2D eigenvalue weighted by Crippen LogP contribution is 2.27. The summed E-state index contributed by atoms with van der Waals surface area (Å²) in [4.78, 5) is 22.8. The molecule has 0 spiro atoms. The monoisotopic (exact) mass is 298 g/mol. The minimum atomic E-state index is -0.317. The van der Waals surface area contributed by atoms with Crippen LogP contribution in [0.5, 0.6) is 5.75 Å². The van der Waals surface area contributed by atoms with E-state index in [2.05, 4.69) is 15.3 Å². The molecule has 3 rings (SSSR count). The molecule has 6 nitrogen and oxygen atoms in total. The van der Waals surface area contributed by atoms with Gasteiger partial charge in [-0.3, -0.25) is 4.79 Å². The molecule has 0 aliphatic carbocycles. The number of nitrogens with one attached hydrogen (secondary N) is 1. The van der Waals surface area contributed by atoms with Gasteiger partial charge in [0.05, 0.1) is 5.69 Å². The number of aromatic hydroxyl groups is 1. The molecule has 1 aliphatic heterocycles. The van der Waals surface area contributed by atoms with E-state index in [1.54, 1.807) is 30.6 Å². The molecule has 1 aromatic heterocycles.